The summed E-state index contributed by atoms with van der Waals surface area (Å²) in [5.74, 6) is 1.04. The van der Waals surface area contributed by atoms with E-state index in [0.717, 1.165) is 27.0 Å². The summed E-state index contributed by atoms with van der Waals surface area (Å²) in [6, 6.07) is 9.45. The minimum atomic E-state index is 0.216. The van der Waals surface area contributed by atoms with Gasteiger partial charge in [0.2, 0.25) is 0 Å². The Labute approximate surface area is 133 Å². The molecule has 1 N–H and O–H groups in total. The van der Waals surface area contributed by atoms with Gasteiger partial charge in [-0.3, -0.25) is 4.99 Å². The first-order valence-electron chi connectivity index (χ1n) is 6.78. The van der Waals surface area contributed by atoms with E-state index in [9.17, 15) is 5.11 Å². The van der Waals surface area contributed by atoms with Crippen molar-refractivity contribution in [1.29, 1.82) is 0 Å². The van der Waals surface area contributed by atoms with E-state index in [1.165, 1.54) is 0 Å². The van der Waals surface area contributed by atoms with E-state index in [-0.39, 0.29) is 5.75 Å². The van der Waals surface area contributed by atoms with Gasteiger partial charge in [-0.2, -0.15) is 0 Å². The minimum Gasteiger partial charge on any atom is -0.506 e. The summed E-state index contributed by atoms with van der Waals surface area (Å²) in [6.45, 7) is 6.57. The molecule has 2 aromatic rings. The van der Waals surface area contributed by atoms with Gasteiger partial charge in [0.1, 0.15) is 11.5 Å². The van der Waals surface area contributed by atoms with E-state index < -0.39 is 0 Å². The standard InChI is InChI=1S/C17H18BrNO2/c1-4-21-15-7-5-14(6-8-15)19-10-13-9-11(2)12(3)16(18)17(13)20/h5-10,20H,4H2,1-3H3. The van der Waals surface area contributed by atoms with Crippen LogP contribution in [0.5, 0.6) is 11.5 Å². The monoisotopic (exact) mass is 347 g/mol. The molecule has 110 valence electrons. The predicted molar refractivity (Wildman–Crippen MR) is 90.1 cm³/mol. The molecule has 0 bridgehead atoms. The molecule has 0 amide bonds. The van der Waals surface area contributed by atoms with Crippen LogP contribution in [0.1, 0.15) is 23.6 Å². The Morgan fingerprint density at radius 3 is 2.52 bits per heavy atom. The fraction of sp³-hybridized carbons (Fsp3) is 0.235. The second-order valence-electron chi connectivity index (χ2n) is 4.76. The molecule has 0 aliphatic rings. The van der Waals surface area contributed by atoms with E-state index in [1.54, 1.807) is 6.21 Å². The van der Waals surface area contributed by atoms with Crippen molar-refractivity contribution in [1.82, 2.24) is 0 Å². The Hall–Kier alpha value is -1.81. The van der Waals surface area contributed by atoms with Crippen LogP contribution in [0, 0.1) is 13.8 Å². The molecule has 0 aliphatic carbocycles. The number of phenolic OH excluding ortho intramolecular Hbond substituents is 1. The third kappa shape index (κ3) is 3.64. The number of hydrogen-bond donors (Lipinski definition) is 1. The average molecular weight is 348 g/mol. The summed E-state index contributed by atoms with van der Waals surface area (Å²) in [7, 11) is 0. The average Bonchev–Trinajstić information content (AvgIpc) is 2.49. The molecule has 0 saturated carbocycles. The lowest BCUT2D eigenvalue weighted by atomic mass is 10.1. The van der Waals surface area contributed by atoms with Gasteiger partial charge in [0.25, 0.3) is 0 Å². The zero-order chi connectivity index (χ0) is 15.4. The third-order valence-corrected chi connectivity index (χ3v) is 4.24. The summed E-state index contributed by atoms with van der Waals surface area (Å²) >= 11 is 3.41. The number of hydrogen-bond acceptors (Lipinski definition) is 3. The highest BCUT2D eigenvalue weighted by atomic mass is 79.9. The van der Waals surface area contributed by atoms with Crippen molar-refractivity contribution in [3.05, 3.63) is 51.5 Å². The van der Waals surface area contributed by atoms with Crippen LogP contribution < -0.4 is 4.74 Å². The van der Waals surface area contributed by atoms with Crippen LogP contribution in [0.2, 0.25) is 0 Å². The second-order valence-corrected chi connectivity index (χ2v) is 5.55. The van der Waals surface area contributed by atoms with Gasteiger partial charge in [-0.15, -0.1) is 0 Å². The Morgan fingerprint density at radius 2 is 1.90 bits per heavy atom. The predicted octanol–water partition coefficient (Wildman–Crippen LogP) is 4.92. The third-order valence-electron chi connectivity index (χ3n) is 3.27. The van der Waals surface area contributed by atoms with E-state index in [4.69, 9.17) is 4.74 Å². The largest absolute Gasteiger partial charge is 0.506 e. The maximum absolute atomic E-state index is 10.1. The summed E-state index contributed by atoms with van der Waals surface area (Å²) < 4.78 is 6.11. The zero-order valence-corrected chi connectivity index (χ0v) is 13.9. The number of ether oxygens (including phenoxy) is 1. The van der Waals surface area contributed by atoms with Crippen molar-refractivity contribution in [2.24, 2.45) is 4.99 Å². The molecule has 2 rings (SSSR count). The van der Waals surface area contributed by atoms with Crippen LogP contribution in [-0.4, -0.2) is 17.9 Å². The number of aryl methyl sites for hydroxylation is 1. The van der Waals surface area contributed by atoms with Gasteiger partial charge in [0, 0.05) is 11.8 Å². The number of phenols is 1. The number of aliphatic imine (C=N–C) groups is 1. The first kappa shape index (κ1) is 15.6. The normalized spacial score (nSPS) is 11.0. The maximum Gasteiger partial charge on any atom is 0.138 e. The highest BCUT2D eigenvalue weighted by Gasteiger charge is 2.09. The molecular weight excluding hydrogens is 330 g/mol. The summed E-state index contributed by atoms with van der Waals surface area (Å²) in [5, 5.41) is 10.1. The lowest BCUT2D eigenvalue weighted by Gasteiger charge is -2.08. The molecule has 3 nitrogen and oxygen atoms in total. The number of benzene rings is 2. The summed E-state index contributed by atoms with van der Waals surface area (Å²) in [6.07, 6.45) is 1.67. The van der Waals surface area contributed by atoms with E-state index in [2.05, 4.69) is 20.9 Å². The van der Waals surface area contributed by atoms with Gasteiger partial charge in [-0.1, -0.05) is 0 Å². The van der Waals surface area contributed by atoms with Crippen LogP contribution in [0.25, 0.3) is 0 Å². The van der Waals surface area contributed by atoms with Crippen molar-refractivity contribution < 1.29 is 9.84 Å². The van der Waals surface area contributed by atoms with Gasteiger partial charge >= 0.3 is 0 Å². The van der Waals surface area contributed by atoms with Crippen LogP contribution in [0.15, 0.2) is 39.8 Å². The van der Waals surface area contributed by atoms with Crippen LogP contribution in [-0.2, 0) is 0 Å². The van der Waals surface area contributed by atoms with Gasteiger partial charge in [-0.05, 0) is 78.2 Å². The van der Waals surface area contributed by atoms with Crippen molar-refractivity contribution in [3.8, 4) is 11.5 Å². The lowest BCUT2D eigenvalue weighted by Crippen LogP contribution is -1.91. The van der Waals surface area contributed by atoms with Crippen LogP contribution in [0.4, 0.5) is 5.69 Å². The molecule has 0 aromatic heterocycles. The molecule has 0 aliphatic heterocycles. The first-order valence-corrected chi connectivity index (χ1v) is 7.57. The van der Waals surface area contributed by atoms with Crippen molar-refractivity contribution in [2.75, 3.05) is 6.61 Å². The molecule has 0 radical (unpaired) electrons. The Kier molecular flexibility index (Phi) is 5.02. The fourth-order valence-corrected chi connectivity index (χ4v) is 2.47. The van der Waals surface area contributed by atoms with E-state index >= 15 is 0 Å². The Morgan fingerprint density at radius 1 is 1.24 bits per heavy atom. The quantitative estimate of drug-likeness (QED) is 0.797. The molecule has 2 aromatic carbocycles. The minimum absolute atomic E-state index is 0.216. The molecule has 0 fully saturated rings. The van der Waals surface area contributed by atoms with Crippen LogP contribution >= 0.6 is 15.9 Å². The number of aromatic hydroxyl groups is 1. The smallest absolute Gasteiger partial charge is 0.138 e. The summed E-state index contributed by atoms with van der Waals surface area (Å²) in [4.78, 5) is 4.39. The first-order chi connectivity index (χ1) is 10.0. The molecule has 0 unspecified atom stereocenters. The van der Waals surface area contributed by atoms with E-state index in [0.29, 0.717) is 12.2 Å². The van der Waals surface area contributed by atoms with Crippen molar-refractivity contribution in [3.63, 3.8) is 0 Å². The Balaban J connectivity index is 2.25. The van der Waals surface area contributed by atoms with Gasteiger partial charge in [0.05, 0.1) is 16.8 Å². The van der Waals surface area contributed by atoms with Gasteiger partial charge in [0.15, 0.2) is 0 Å². The molecule has 4 heteroatoms. The van der Waals surface area contributed by atoms with Gasteiger partial charge < -0.3 is 9.84 Å². The molecule has 0 atom stereocenters. The summed E-state index contributed by atoms with van der Waals surface area (Å²) in [5.41, 5.74) is 3.64. The van der Waals surface area contributed by atoms with Crippen LogP contribution in [0.3, 0.4) is 0 Å². The fourth-order valence-electron chi connectivity index (χ4n) is 1.92. The SMILES string of the molecule is CCOc1ccc(N=Cc2cc(C)c(C)c(Br)c2O)cc1. The highest BCUT2D eigenvalue weighted by Crippen LogP contribution is 2.32. The molecule has 0 spiro atoms. The highest BCUT2D eigenvalue weighted by molar-refractivity contribution is 9.10. The maximum atomic E-state index is 10.1. The molecule has 0 heterocycles. The lowest BCUT2D eigenvalue weighted by molar-refractivity contribution is 0.340. The van der Waals surface area contributed by atoms with Gasteiger partial charge in [-0.25, -0.2) is 0 Å². The number of nitrogens with zero attached hydrogens (tertiary/aromatic N) is 1. The zero-order valence-electron chi connectivity index (χ0n) is 12.4. The number of rotatable bonds is 4. The van der Waals surface area contributed by atoms with Crippen molar-refractivity contribution >= 4 is 27.8 Å². The Bertz CT molecular complexity index is 663. The molecule has 0 saturated heterocycles. The van der Waals surface area contributed by atoms with Crippen molar-refractivity contribution in [2.45, 2.75) is 20.8 Å². The second kappa shape index (κ2) is 6.76. The number of halogens is 1. The molecular formula is C17H18BrNO2. The molecule has 21 heavy (non-hydrogen) atoms. The van der Waals surface area contributed by atoms with E-state index in [1.807, 2.05) is 51.1 Å². The topological polar surface area (TPSA) is 41.8 Å².